The molecule has 2 aromatic rings. The molecule has 1 heterocycles. The molecule has 1 aliphatic rings. The molecule has 1 aromatic carbocycles. The topological polar surface area (TPSA) is 0 Å². The summed E-state index contributed by atoms with van der Waals surface area (Å²) in [5.74, 6) is 0. The Morgan fingerprint density at radius 3 is 2.62 bits per heavy atom. The lowest BCUT2D eigenvalue weighted by Crippen LogP contribution is -2.13. The highest BCUT2D eigenvalue weighted by molar-refractivity contribution is 7.13. The first kappa shape index (κ1) is 14.6. The van der Waals surface area contributed by atoms with Gasteiger partial charge in [-0.2, -0.15) is 0 Å². The minimum atomic E-state index is 0.208. The molecular formula is C20H24S. The van der Waals surface area contributed by atoms with Crippen LogP contribution in [0.4, 0.5) is 0 Å². The molecule has 1 aromatic heterocycles. The van der Waals surface area contributed by atoms with Crippen molar-refractivity contribution >= 4 is 23.0 Å². The van der Waals surface area contributed by atoms with Crippen molar-refractivity contribution in [2.75, 3.05) is 0 Å². The molecule has 3 rings (SSSR count). The van der Waals surface area contributed by atoms with Crippen molar-refractivity contribution in [1.82, 2.24) is 0 Å². The van der Waals surface area contributed by atoms with Gasteiger partial charge in [0, 0.05) is 9.75 Å². The van der Waals surface area contributed by atoms with E-state index in [1.807, 2.05) is 11.3 Å². The number of fused-ring (bicyclic) bond motifs is 1. The Morgan fingerprint density at radius 2 is 1.90 bits per heavy atom. The van der Waals surface area contributed by atoms with Gasteiger partial charge in [-0.05, 0) is 58.7 Å². The molecule has 0 bridgehead atoms. The maximum atomic E-state index is 2.43. The van der Waals surface area contributed by atoms with Gasteiger partial charge in [-0.25, -0.2) is 0 Å². The molecule has 0 saturated heterocycles. The third kappa shape index (κ3) is 2.85. The Hall–Kier alpha value is -1.34. The van der Waals surface area contributed by atoms with E-state index in [0.29, 0.717) is 0 Å². The van der Waals surface area contributed by atoms with Gasteiger partial charge < -0.3 is 0 Å². The Kier molecular flexibility index (Phi) is 3.79. The Bertz CT molecular complexity index is 680. The van der Waals surface area contributed by atoms with Gasteiger partial charge in [0.15, 0.2) is 0 Å². The Balaban J connectivity index is 1.97. The van der Waals surface area contributed by atoms with Gasteiger partial charge in [0.05, 0.1) is 0 Å². The summed E-state index contributed by atoms with van der Waals surface area (Å²) in [5, 5.41) is 0. The smallest absolute Gasteiger partial charge is 0.0308 e. The average Bonchev–Trinajstić information content (AvgIpc) is 3.02. The van der Waals surface area contributed by atoms with Crippen LogP contribution in [0.25, 0.3) is 11.6 Å². The van der Waals surface area contributed by atoms with Crippen molar-refractivity contribution in [3.8, 4) is 0 Å². The molecule has 0 nitrogen and oxygen atoms in total. The summed E-state index contributed by atoms with van der Waals surface area (Å²) in [4.78, 5) is 2.97. The molecule has 0 radical (unpaired) electrons. The van der Waals surface area contributed by atoms with Gasteiger partial charge in [0.2, 0.25) is 0 Å². The highest BCUT2D eigenvalue weighted by atomic mass is 32.1. The van der Waals surface area contributed by atoms with E-state index in [0.717, 1.165) is 6.42 Å². The summed E-state index contributed by atoms with van der Waals surface area (Å²) in [6.07, 6.45) is 5.95. The average molecular weight is 296 g/mol. The van der Waals surface area contributed by atoms with Crippen LogP contribution in [0.5, 0.6) is 0 Å². The van der Waals surface area contributed by atoms with Crippen LogP contribution < -0.4 is 0 Å². The third-order valence-corrected chi connectivity index (χ3v) is 5.40. The first-order chi connectivity index (χ1) is 9.99. The van der Waals surface area contributed by atoms with Crippen LogP contribution in [0.3, 0.4) is 0 Å². The van der Waals surface area contributed by atoms with Gasteiger partial charge in [-0.1, -0.05) is 52.3 Å². The standard InChI is InChI=1S/C20H24S/c1-5-7-16-10-11-19(21-16)15-12-14-8-6-9-18(17(14)13-15)20(2,3)4/h6,8-11,13H,5,7,12H2,1-4H3. The normalized spacial score (nSPS) is 14.2. The first-order valence-corrected chi connectivity index (χ1v) is 8.72. The molecule has 110 valence electrons. The minimum absolute atomic E-state index is 0.208. The molecule has 0 saturated carbocycles. The van der Waals surface area contributed by atoms with Gasteiger partial charge in [0.1, 0.15) is 0 Å². The summed E-state index contributed by atoms with van der Waals surface area (Å²) in [6.45, 7) is 9.16. The number of aryl methyl sites for hydroxylation is 1. The second-order valence-electron chi connectivity index (χ2n) is 6.99. The molecule has 21 heavy (non-hydrogen) atoms. The van der Waals surface area contributed by atoms with Gasteiger partial charge in [-0.15, -0.1) is 11.3 Å². The molecule has 1 heteroatoms. The van der Waals surface area contributed by atoms with E-state index in [1.54, 1.807) is 0 Å². The Labute approximate surface area is 132 Å². The number of rotatable bonds is 3. The number of hydrogen-bond acceptors (Lipinski definition) is 1. The van der Waals surface area contributed by atoms with Crippen LogP contribution in [-0.4, -0.2) is 0 Å². The molecule has 0 amide bonds. The summed E-state index contributed by atoms with van der Waals surface area (Å²) in [6, 6.07) is 11.4. The lowest BCUT2D eigenvalue weighted by Gasteiger charge is -2.22. The molecule has 0 fully saturated rings. The zero-order chi connectivity index (χ0) is 15.0. The van der Waals surface area contributed by atoms with Crippen LogP contribution in [0.2, 0.25) is 0 Å². The van der Waals surface area contributed by atoms with E-state index in [9.17, 15) is 0 Å². The summed E-state index contributed by atoms with van der Waals surface area (Å²) >= 11 is 1.97. The molecule has 0 unspecified atom stereocenters. The fourth-order valence-electron chi connectivity index (χ4n) is 3.11. The first-order valence-electron chi connectivity index (χ1n) is 7.91. The molecule has 0 atom stereocenters. The van der Waals surface area contributed by atoms with Gasteiger partial charge in [-0.3, -0.25) is 0 Å². The maximum absolute atomic E-state index is 2.43. The minimum Gasteiger partial charge on any atom is -0.141 e. The van der Waals surface area contributed by atoms with Crippen LogP contribution in [0.1, 0.15) is 60.6 Å². The largest absolute Gasteiger partial charge is 0.141 e. The summed E-state index contributed by atoms with van der Waals surface area (Å²) in [5.41, 5.74) is 6.13. The van der Waals surface area contributed by atoms with E-state index in [-0.39, 0.29) is 5.41 Å². The van der Waals surface area contributed by atoms with E-state index in [1.165, 1.54) is 44.9 Å². The highest BCUT2D eigenvalue weighted by Crippen LogP contribution is 2.39. The predicted octanol–water partition coefficient (Wildman–Crippen LogP) is 6.09. The number of thiophene rings is 1. The van der Waals surface area contributed by atoms with Crippen LogP contribution >= 0.6 is 11.3 Å². The fraction of sp³-hybridized carbons (Fsp3) is 0.400. The zero-order valence-corrected chi connectivity index (χ0v) is 14.3. The fourth-order valence-corrected chi connectivity index (χ4v) is 4.23. The van der Waals surface area contributed by atoms with Crippen LogP contribution in [-0.2, 0) is 18.3 Å². The number of allylic oxidation sites excluding steroid dienone is 1. The van der Waals surface area contributed by atoms with Crippen LogP contribution in [0, 0.1) is 0 Å². The quantitative estimate of drug-likeness (QED) is 0.642. The van der Waals surface area contributed by atoms with E-state index >= 15 is 0 Å². The molecule has 0 spiro atoms. The predicted molar refractivity (Wildman–Crippen MR) is 95.0 cm³/mol. The Morgan fingerprint density at radius 1 is 1.10 bits per heavy atom. The van der Waals surface area contributed by atoms with E-state index < -0.39 is 0 Å². The van der Waals surface area contributed by atoms with Crippen molar-refractivity contribution in [3.63, 3.8) is 0 Å². The highest BCUT2D eigenvalue weighted by Gasteiger charge is 2.23. The summed E-state index contributed by atoms with van der Waals surface area (Å²) in [7, 11) is 0. The maximum Gasteiger partial charge on any atom is 0.0308 e. The van der Waals surface area contributed by atoms with Crippen LogP contribution in [0.15, 0.2) is 30.3 Å². The van der Waals surface area contributed by atoms with Crippen molar-refractivity contribution in [1.29, 1.82) is 0 Å². The van der Waals surface area contributed by atoms with E-state index in [4.69, 9.17) is 0 Å². The lowest BCUT2D eigenvalue weighted by atomic mass is 9.83. The van der Waals surface area contributed by atoms with Crippen molar-refractivity contribution in [2.24, 2.45) is 0 Å². The second-order valence-corrected chi connectivity index (χ2v) is 8.16. The van der Waals surface area contributed by atoms with E-state index in [2.05, 4.69) is 64.1 Å². The molecule has 1 aliphatic carbocycles. The third-order valence-electron chi connectivity index (χ3n) is 4.18. The molecular weight excluding hydrogens is 272 g/mol. The number of hydrogen-bond donors (Lipinski definition) is 0. The van der Waals surface area contributed by atoms with Crippen molar-refractivity contribution in [2.45, 2.75) is 52.4 Å². The number of benzene rings is 1. The zero-order valence-electron chi connectivity index (χ0n) is 13.5. The molecule has 0 aliphatic heterocycles. The monoisotopic (exact) mass is 296 g/mol. The molecule has 0 N–H and O–H groups in total. The van der Waals surface area contributed by atoms with Gasteiger partial charge in [0.25, 0.3) is 0 Å². The second kappa shape index (κ2) is 5.46. The SMILES string of the molecule is CCCc1ccc(C2=Cc3c(cccc3C(C)(C)C)C2)s1. The lowest BCUT2D eigenvalue weighted by molar-refractivity contribution is 0.588. The van der Waals surface area contributed by atoms with Crippen molar-refractivity contribution < 1.29 is 0 Å². The summed E-state index contributed by atoms with van der Waals surface area (Å²) < 4.78 is 0. The van der Waals surface area contributed by atoms with Crippen molar-refractivity contribution in [3.05, 3.63) is 56.8 Å². The van der Waals surface area contributed by atoms with Gasteiger partial charge >= 0.3 is 0 Å².